The Balaban J connectivity index is 2.82. The van der Waals surface area contributed by atoms with Crippen molar-refractivity contribution in [1.29, 1.82) is 0 Å². The maximum atomic E-state index is 11.4. The van der Waals surface area contributed by atoms with Crippen molar-refractivity contribution in [2.75, 3.05) is 17.8 Å². The Morgan fingerprint density at radius 1 is 1.50 bits per heavy atom. The minimum Gasteiger partial charge on any atom is -0.492 e. The van der Waals surface area contributed by atoms with Gasteiger partial charge in [-0.25, -0.2) is 0 Å². The van der Waals surface area contributed by atoms with Crippen LogP contribution in [-0.4, -0.2) is 18.4 Å². The molecular weight excluding hydrogens is 249 g/mol. The van der Waals surface area contributed by atoms with Gasteiger partial charge in [-0.05, 0) is 25.1 Å². The van der Waals surface area contributed by atoms with Gasteiger partial charge in [0.25, 0.3) is 0 Å². The average Bonchev–Trinajstić information content (AvgIpc) is 2.22. The molecule has 16 heavy (non-hydrogen) atoms. The first-order chi connectivity index (χ1) is 7.67. The highest BCUT2D eigenvalue weighted by molar-refractivity contribution is 6.31. The number of anilines is 1. The van der Waals surface area contributed by atoms with Gasteiger partial charge in [-0.15, -0.1) is 11.6 Å². The molecule has 1 aromatic rings. The monoisotopic (exact) mass is 261 g/mol. The number of amides is 1. The Kier molecular flexibility index (Phi) is 5.43. The summed E-state index contributed by atoms with van der Waals surface area (Å²) in [5, 5.41) is 3.25. The van der Waals surface area contributed by atoms with E-state index >= 15 is 0 Å². The summed E-state index contributed by atoms with van der Waals surface area (Å²) >= 11 is 11.3. The predicted molar refractivity (Wildman–Crippen MR) is 66.6 cm³/mol. The Morgan fingerprint density at radius 2 is 2.25 bits per heavy atom. The van der Waals surface area contributed by atoms with Crippen molar-refractivity contribution < 1.29 is 9.53 Å². The molecule has 0 heterocycles. The Hall–Kier alpha value is -0.930. The fourth-order valence-electron chi connectivity index (χ4n) is 1.18. The quantitative estimate of drug-likeness (QED) is 0.827. The standard InChI is InChI=1S/C11H13Cl2NO2/c1-2-16-10-4-3-8(13)7-9(10)14-11(15)5-6-12/h3-4,7H,2,5-6H2,1H3,(H,14,15). The third kappa shape index (κ3) is 3.91. The molecule has 0 aliphatic carbocycles. The number of hydrogen-bond acceptors (Lipinski definition) is 2. The first-order valence-electron chi connectivity index (χ1n) is 4.95. The van der Waals surface area contributed by atoms with E-state index in [0.717, 1.165) is 0 Å². The third-order valence-electron chi connectivity index (χ3n) is 1.84. The summed E-state index contributed by atoms with van der Waals surface area (Å²) in [6, 6.07) is 5.09. The summed E-state index contributed by atoms with van der Waals surface area (Å²) < 4.78 is 5.36. The molecule has 0 atom stereocenters. The first kappa shape index (κ1) is 13.1. The van der Waals surface area contributed by atoms with Gasteiger partial charge in [0.2, 0.25) is 5.91 Å². The van der Waals surface area contributed by atoms with Crippen molar-refractivity contribution in [3.05, 3.63) is 23.2 Å². The molecule has 1 N–H and O–H groups in total. The van der Waals surface area contributed by atoms with Gasteiger partial charge in [0.05, 0.1) is 12.3 Å². The molecule has 0 aliphatic heterocycles. The van der Waals surface area contributed by atoms with Crippen LogP contribution in [-0.2, 0) is 4.79 Å². The molecule has 0 unspecified atom stereocenters. The molecule has 0 spiro atoms. The van der Waals surface area contributed by atoms with Gasteiger partial charge in [0, 0.05) is 17.3 Å². The van der Waals surface area contributed by atoms with E-state index in [9.17, 15) is 4.79 Å². The second kappa shape index (κ2) is 6.61. The molecule has 1 aromatic carbocycles. The van der Waals surface area contributed by atoms with Crippen LogP contribution in [0.3, 0.4) is 0 Å². The summed E-state index contributed by atoms with van der Waals surface area (Å²) in [6.07, 6.45) is 0.264. The zero-order chi connectivity index (χ0) is 12.0. The van der Waals surface area contributed by atoms with Gasteiger partial charge in [0.1, 0.15) is 5.75 Å². The number of benzene rings is 1. The van der Waals surface area contributed by atoms with Gasteiger partial charge < -0.3 is 10.1 Å². The first-order valence-corrected chi connectivity index (χ1v) is 5.86. The number of nitrogens with one attached hydrogen (secondary N) is 1. The number of alkyl halides is 1. The highest BCUT2D eigenvalue weighted by Crippen LogP contribution is 2.28. The minimum absolute atomic E-state index is 0.154. The van der Waals surface area contributed by atoms with E-state index in [1.54, 1.807) is 18.2 Å². The largest absolute Gasteiger partial charge is 0.492 e. The van der Waals surface area contributed by atoms with E-state index < -0.39 is 0 Å². The second-order valence-electron chi connectivity index (χ2n) is 3.06. The lowest BCUT2D eigenvalue weighted by Crippen LogP contribution is -2.12. The van der Waals surface area contributed by atoms with Gasteiger partial charge in [0.15, 0.2) is 0 Å². The summed E-state index contributed by atoms with van der Waals surface area (Å²) in [5.41, 5.74) is 0.574. The zero-order valence-electron chi connectivity index (χ0n) is 8.93. The molecule has 0 aromatic heterocycles. The summed E-state index contributed by atoms with van der Waals surface area (Å²) in [5.74, 6) is 0.740. The van der Waals surface area contributed by atoms with Crippen LogP contribution in [0.15, 0.2) is 18.2 Å². The topological polar surface area (TPSA) is 38.3 Å². The normalized spacial score (nSPS) is 9.94. The summed E-state index contributed by atoms with van der Waals surface area (Å²) in [7, 11) is 0. The van der Waals surface area contributed by atoms with Crippen LogP contribution in [0.25, 0.3) is 0 Å². The molecule has 1 amide bonds. The lowest BCUT2D eigenvalue weighted by atomic mass is 10.3. The van der Waals surface area contributed by atoms with Crippen LogP contribution in [0.1, 0.15) is 13.3 Å². The van der Waals surface area contributed by atoms with Crippen molar-refractivity contribution in [1.82, 2.24) is 0 Å². The molecular formula is C11H13Cl2NO2. The lowest BCUT2D eigenvalue weighted by molar-refractivity contribution is -0.115. The summed E-state index contributed by atoms with van der Waals surface area (Å²) in [6.45, 7) is 2.40. The fourth-order valence-corrected chi connectivity index (χ4v) is 1.52. The van der Waals surface area contributed by atoms with Crippen LogP contribution in [0.5, 0.6) is 5.75 Å². The van der Waals surface area contributed by atoms with Crippen molar-refractivity contribution in [2.24, 2.45) is 0 Å². The van der Waals surface area contributed by atoms with Crippen molar-refractivity contribution in [2.45, 2.75) is 13.3 Å². The maximum Gasteiger partial charge on any atom is 0.225 e. The van der Waals surface area contributed by atoms with Crippen molar-refractivity contribution in [3.8, 4) is 5.75 Å². The van der Waals surface area contributed by atoms with Gasteiger partial charge in [-0.3, -0.25) is 4.79 Å². The minimum atomic E-state index is -0.154. The maximum absolute atomic E-state index is 11.4. The molecule has 3 nitrogen and oxygen atoms in total. The Bertz CT molecular complexity index is 369. The van der Waals surface area contributed by atoms with E-state index in [1.165, 1.54) is 0 Å². The van der Waals surface area contributed by atoms with Crippen LogP contribution in [0, 0.1) is 0 Å². The van der Waals surface area contributed by atoms with Gasteiger partial charge in [-0.1, -0.05) is 11.6 Å². The fraction of sp³-hybridized carbons (Fsp3) is 0.364. The molecule has 5 heteroatoms. The van der Waals surface area contributed by atoms with Crippen LogP contribution < -0.4 is 10.1 Å². The van der Waals surface area contributed by atoms with E-state index in [2.05, 4.69) is 5.32 Å². The van der Waals surface area contributed by atoms with Gasteiger partial charge >= 0.3 is 0 Å². The van der Waals surface area contributed by atoms with E-state index in [1.807, 2.05) is 6.92 Å². The molecule has 0 aliphatic rings. The highest BCUT2D eigenvalue weighted by Gasteiger charge is 2.08. The average molecular weight is 262 g/mol. The number of rotatable bonds is 5. The molecule has 0 saturated heterocycles. The number of carbonyl (C=O) groups excluding carboxylic acids is 1. The molecule has 0 radical (unpaired) electrons. The van der Waals surface area contributed by atoms with Crippen molar-refractivity contribution in [3.63, 3.8) is 0 Å². The smallest absolute Gasteiger partial charge is 0.225 e. The number of ether oxygens (including phenoxy) is 1. The lowest BCUT2D eigenvalue weighted by Gasteiger charge is -2.11. The molecule has 0 fully saturated rings. The van der Waals surface area contributed by atoms with Gasteiger partial charge in [-0.2, -0.15) is 0 Å². The van der Waals surface area contributed by atoms with E-state index in [0.29, 0.717) is 23.1 Å². The number of carbonyl (C=O) groups is 1. The molecule has 0 bridgehead atoms. The zero-order valence-corrected chi connectivity index (χ0v) is 10.4. The van der Waals surface area contributed by atoms with E-state index in [-0.39, 0.29) is 18.2 Å². The van der Waals surface area contributed by atoms with Crippen LogP contribution in [0.2, 0.25) is 5.02 Å². The van der Waals surface area contributed by atoms with Crippen LogP contribution >= 0.6 is 23.2 Å². The van der Waals surface area contributed by atoms with Crippen LogP contribution in [0.4, 0.5) is 5.69 Å². The van der Waals surface area contributed by atoms with Crippen molar-refractivity contribution >= 4 is 34.8 Å². The van der Waals surface area contributed by atoms with E-state index in [4.69, 9.17) is 27.9 Å². The third-order valence-corrected chi connectivity index (χ3v) is 2.26. The second-order valence-corrected chi connectivity index (χ2v) is 3.88. The SMILES string of the molecule is CCOc1ccc(Cl)cc1NC(=O)CCCl. The highest BCUT2D eigenvalue weighted by atomic mass is 35.5. The Morgan fingerprint density at radius 3 is 2.88 bits per heavy atom. The molecule has 0 saturated carbocycles. The molecule has 88 valence electrons. The summed E-state index contributed by atoms with van der Waals surface area (Å²) in [4.78, 5) is 11.4. The predicted octanol–water partition coefficient (Wildman–Crippen LogP) is 3.31. The number of hydrogen-bond donors (Lipinski definition) is 1. The molecule has 1 rings (SSSR count). The Labute approximate surface area is 105 Å². The number of halogens is 2.